The lowest BCUT2D eigenvalue weighted by Gasteiger charge is -2.19. The summed E-state index contributed by atoms with van der Waals surface area (Å²) in [5.41, 5.74) is -3.19. The zero-order chi connectivity index (χ0) is 16.4. The third kappa shape index (κ3) is 3.89. The van der Waals surface area contributed by atoms with Crippen molar-refractivity contribution >= 4 is 5.97 Å². The Labute approximate surface area is 113 Å². The first kappa shape index (κ1) is 16.9. The van der Waals surface area contributed by atoms with Crippen LogP contribution in [-0.2, 0) is 10.9 Å². The van der Waals surface area contributed by atoms with Crippen LogP contribution in [0.1, 0.15) is 16.1 Å². The topological polar surface area (TPSA) is 57.7 Å². The predicted molar refractivity (Wildman–Crippen MR) is 53.8 cm³/mol. The van der Waals surface area contributed by atoms with Crippen LogP contribution in [0.15, 0.2) is 6.20 Å². The summed E-state index contributed by atoms with van der Waals surface area (Å²) in [6.45, 7) is 0. The van der Waals surface area contributed by atoms with E-state index in [9.17, 15) is 31.1 Å². The van der Waals surface area contributed by atoms with E-state index in [4.69, 9.17) is 0 Å². The summed E-state index contributed by atoms with van der Waals surface area (Å²) in [7, 11) is 1.56. The number of rotatable bonds is 3. The van der Waals surface area contributed by atoms with Gasteiger partial charge in [0.05, 0.1) is 20.4 Å². The molecule has 0 spiro atoms. The molecule has 0 atom stereocenters. The fourth-order valence-electron chi connectivity index (χ4n) is 1.36. The van der Waals surface area contributed by atoms with Gasteiger partial charge in [-0.3, -0.25) is 0 Å². The highest BCUT2D eigenvalue weighted by Gasteiger charge is 2.45. The Balaban J connectivity index is 3.66. The van der Waals surface area contributed by atoms with Crippen LogP contribution >= 0.6 is 0 Å². The van der Waals surface area contributed by atoms with Crippen molar-refractivity contribution in [2.45, 2.75) is 12.5 Å². The van der Waals surface area contributed by atoms with Crippen molar-refractivity contribution in [1.82, 2.24) is 4.98 Å². The molecule has 21 heavy (non-hydrogen) atoms. The number of alkyl halides is 6. The number of aromatic nitrogens is 1. The van der Waals surface area contributed by atoms with Gasteiger partial charge < -0.3 is 14.2 Å². The molecule has 0 saturated carbocycles. The standard InChI is InChI=1S/C10H7F6NO4/c1-19-4-3-17-6(8(18)20-2)7(21-10(14,15)16)5(4)9(11,12)13/h3H,1-2H3. The summed E-state index contributed by atoms with van der Waals surface area (Å²) in [4.78, 5) is 14.4. The molecule has 0 amide bonds. The Kier molecular flexibility index (Phi) is 4.54. The molecule has 0 aliphatic heterocycles. The Hall–Kier alpha value is -2.20. The average Bonchev–Trinajstić information content (AvgIpc) is 2.33. The lowest BCUT2D eigenvalue weighted by molar-refractivity contribution is -0.276. The first-order chi connectivity index (χ1) is 9.51. The number of esters is 1. The first-order valence-corrected chi connectivity index (χ1v) is 4.99. The number of nitrogens with zero attached hydrogens (tertiary/aromatic N) is 1. The molecule has 1 heterocycles. The summed E-state index contributed by atoms with van der Waals surface area (Å²) >= 11 is 0. The number of halogens is 6. The van der Waals surface area contributed by atoms with Crippen molar-refractivity contribution in [3.63, 3.8) is 0 Å². The van der Waals surface area contributed by atoms with Gasteiger partial charge in [-0.15, -0.1) is 13.2 Å². The molecule has 0 radical (unpaired) electrons. The lowest BCUT2D eigenvalue weighted by atomic mass is 10.1. The summed E-state index contributed by atoms with van der Waals surface area (Å²) in [5, 5.41) is 0. The highest BCUT2D eigenvalue weighted by atomic mass is 19.4. The van der Waals surface area contributed by atoms with Crippen LogP contribution in [-0.4, -0.2) is 31.5 Å². The quantitative estimate of drug-likeness (QED) is 0.633. The third-order valence-corrected chi connectivity index (χ3v) is 2.10. The van der Waals surface area contributed by atoms with E-state index >= 15 is 0 Å². The number of methoxy groups -OCH3 is 2. The second-order valence-electron chi connectivity index (χ2n) is 3.42. The van der Waals surface area contributed by atoms with Crippen molar-refractivity contribution in [2.75, 3.05) is 14.2 Å². The van der Waals surface area contributed by atoms with Gasteiger partial charge in [0, 0.05) is 0 Å². The normalized spacial score (nSPS) is 12.0. The second-order valence-corrected chi connectivity index (χ2v) is 3.42. The van der Waals surface area contributed by atoms with Crippen LogP contribution in [0.2, 0.25) is 0 Å². The minimum Gasteiger partial charge on any atom is -0.494 e. The molecule has 5 nitrogen and oxygen atoms in total. The van der Waals surface area contributed by atoms with Gasteiger partial charge in [-0.25, -0.2) is 9.78 Å². The van der Waals surface area contributed by atoms with Gasteiger partial charge in [0.1, 0.15) is 5.56 Å². The van der Waals surface area contributed by atoms with Crippen molar-refractivity contribution in [2.24, 2.45) is 0 Å². The Morgan fingerprint density at radius 1 is 1.14 bits per heavy atom. The number of hydrogen-bond acceptors (Lipinski definition) is 5. The molecule has 1 rings (SSSR count). The van der Waals surface area contributed by atoms with Crippen molar-refractivity contribution in [3.8, 4) is 11.5 Å². The number of ether oxygens (including phenoxy) is 3. The maximum absolute atomic E-state index is 12.9. The molecule has 1 aromatic rings. The monoisotopic (exact) mass is 319 g/mol. The van der Waals surface area contributed by atoms with E-state index in [0.29, 0.717) is 6.20 Å². The SMILES string of the molecule is COC(=O)c1ncc(OC)c(C(F)(F)F)c1OC(F)(F)F. The van der Waals surface area contributed by atoms with E-state index in [1.807, 2.05) is 0 Å². The number of pyridine rings is 1. The Morgan fingerprint density at radius 3 is 2.10 bits per heavy atom. The molecule has 0 N–H and O–H groups in total. The number of hydrogen-bond donors (Lipinski definition) is 0. The van der Waals surface area contributed by atoms with Crippen molar-refractivity contribution in [3.05, 3.63) is 17.5 Å². The third-order valence-electron chi connectivity index (χ3n) is 2.10. The van der Waals surface area contributed by atoms with Crippen LogP contribution in [0.4, 0.5) is 26.3 Å². The van der Waals surface area contributed by atoms with E-state index in [0.717, 1.165) is 14.2 Å². The van der Waals surface area contributed by atoms with Crippen molar-refractivity contribution < 1.29 is 45.3 Å². The molecular weight excluding hydrogens is 312 g/mol. The molecule has 118 valence electrons. The largest absolute Gasteiger partial charge is 0.573 e. The molecule has 0 saturated heterocycles. The van der Waals surface area contributed by atoms with Gasteiger partial charge in [0.15, 0.2) is 17.2 Å². The molecule has 0 aromatic carbocycles. The molecule has 1 aromatic heterocycles. The highest BCUT2D eigenvalue weighted by Crippen LogP contribution is 2.45. The van der Waals surface area contributed by atoms with Crippen molar-refractivity contribution in [1.29, 1.82) is 0 Å². The highest BCUT2D eigenvalue weighted by molar-refractivity contribution is 5.91. The van der Waals surface area contributed by atoms with Crippen LogP contribution in [0.3, 0.4) is 0 Å². The molecule has 0 aliphatic rings. The molecule has 0 aliphatic carbocycles. The number of carbonyl (C=O) groups is 1. The predicted octanol–water partition coefficient (Wildman–Crippen LogP) is 2.79. The minimum atomic E-state index is -5.48. The molecule has 0 unspecified atom stereocenters. The number of carbonyl (C=O) groups excluding carboxylic acids is 1. The van der Waals surface area contributed by atoms with E-state index in [2.05, 4.69) is 19.2 Å². The minimum absolute atomic E-state index is 0.443. The van der Waals surface area contributed by atoms with E-state index in [1.165, 1.54) is 0 Å². The van der Waals surface area contributed by atoms with Crippen LogP contribution in [0.5, 0.6) is 11.5 Å². The summed E-state index contributed by atoms with van der Waals surface area (Å²) in [6, 6.07) is 0. The first-order valence-electron chi connectivity index (χ1n) is 4.99. The fourth-order valence-corrected chi connectivity index (χ4v) is 1.36. The van der Waals surface area contributed by atoms with E-state index in [1.54, 1.807) is 0 Å². The van der Waals surface area contributed by atoms with Crippen LogP contribution < -0.4 is 9.47 Å². The Bertz CT molecular complexity index is 540. The zero-order valence-corrected chi connectivity index (χ0v) is 10.4. The lowest BCUT2D eigenvalue weighted by Crippen LogP contribution is -2.24. The van der Waals surface area contributed by atoms with E-state index < -0.39 is 41.3 Å². The summed E-state index contributed by atoms with van der Waals surface area (Å²) in [5.74, 6) is -4.39. The van der Waals surface area contributed by atoms with Gasteiger partial charge >= 0.3 is 18.5 Å². The van der Waals surface area contributed by atoms with Gasteiger partial charge in [-0.2, -0.15) is 13.2 Å². The zero-order valence-electron chi connectivity index (χ0n) is 10.4. The van der Waals surface area contributed by atoms with Crippen LogP contribution in [0.25, 0.3) is 0 Å². The van der Waals surface area contributed by atoms with Gasteiger partial charge in [0.2, 0.25) is 0 Å². The Morgan fingerprint density at radius 2 is 1.71 bits per heavy atom. The molecule has 11 heteroatoms. The van der Waals surface area contributed by atoms with Gasteiger partial charge in [-0.05, 0) is 0 Å². The van der Waals surface area contributed by atoms with Crippen LogP contribution in [0, 0.1) is 0 Å². The fraction of sp³-hybridized carbons (Fsp3) is 0.400. The van der Waals surface area contributed by atoms with E-state index in [-0.39, 0.29) is 0 Å². The maximum atomic E-state index is 12.9. The van der Waals surface area contributed by atoms with Gasteiger partial charge in [-0.1, -0.05) is 0 Å². The summed E-state index contributed by atoms with van der Waals surface area (Å²) < 4.78 is 87.3. The average molecular weight is 319 g/mol. The smallest absolute Gasteiger partial charge is 0.494 e. The molecule has 0 bridgehead atoms. The molecular formula is C10H7F6NO4. The van der Waals surface area contributed by atoms with Gasteiger partial charge in [0.25, 0.3) is 0 Å². The molecule has 0 fully saturated rings. The second kappa shape index (κ2) is 5.66. The summed E-state index contributed by atoms with van der Waals surface area (Å²) in [6.07, 6.45) is -10.3. The maximum Gasteiger partial charge on any atom is 0.573 e.